The summed E-state index contributed by atoms with van der Waals surface area (Å²) in [6.07, 6.45) is 1.92. The molecule has 0 atom stereocenters. The lowest BCUT2D eigenvalue weighted by atomic mass is 9.86. The highest BCUT2D eigenvalue weighted by Gasteiger charge is 2.21. The van der Waals surface area contributed by atoms with Gasteiger partial charge in [0.15, 0.2) is 0 Å². The van der Waals surface area contributed by atoms with E-state index in [-0.39, 0.29) is 17.4 Å². The number of rotatable bonds is 7. The number of carboxylic acid groups (broad SMARTS) is 1. The third-order valence-electron chi connectivity index (χ3n) is 5.41. The molecule has 0 spiro atoms. The van der Waals surface area contributed by atoms with Crippen molar-refractivity contribution in [3.05, 3.63) is 50.9 Å². The van der Waals surface area contributed by atoms with E-state index < -0.39 is 5.97 Å². The fourth-order valence-corrected chi connectivity index (χ4v) is 4.89. The number of aryl methyl sites for hydroxylation is 2. The number of thiophene rings is 1. The zero-order valence-electron chi connectivity index (χ0n) is 18.4. The standard InChI is InChI=1S/C24H30N2O3S/c1-6-17-20(15-10-12-16(13-11-15)24(3,4)5)21-22(30-17)25-18(7-2)26(23(21)29)14-8-9-19(27)28/h10-13H,6-9,14H2,1-5H3,(H,27,28). The minimum atomic E-state index is -0.849. The first-order valence-electron chi connectivity index (χ1n) is 10.5. The molecule has 2 aromatic heterocycles. The van der Waals surface area contributed by atoms with E-state index in [1.807, 2.05) is 6.92 Å². The molecular weight excluding hydrogens is 396 g/mol. The maximum absolute atomic E-state index is 13.5. The van der Waals surface area contributed by atoms with E-state index in [4.69, 9.17) is 10.1 Å². The number of aliphatic carboxylic acids is 1. The van der Waals surface area contributed by atoms with E-state index in [0.29, 0.717) is 24.8 Å². The molecule has 0 saturated carbocycles. The quantitative estimate of drug-likeness (QED) is 0.548. The zero-order chi connectivity index (χ0) is 22.1. The van der Waals surface area contributed by atoms with Crippen LogP contribution in [0.3, 0.4) is 0 Å². The third kappa shape index (κ3) is 4.33. The number of hydrogen-bond donors (Lipinski definition) is 1. The van der Waals surface area contributed by atoms with Gasteiger partial charge in [-0.1, -0.05) is 58.9 Å². The van der Waals surface area contributed by atoms with Crippen molar-refractivity contribution in [2.24, 2.45) is 0 Å². The van der Waals surface area contributed by atoms with Crippen LogP contribution in [0.1, 0.15) is 63.7 Å². The highest BCUT2D eigenvalue weighted by atomic mass is 32.1. The summed E-state index contributed by atoms with van der Waals surface area (Å²) < 4.78 is 1.67. The second-order valence-corrected chi connectivity index (χ2v) is 9.68. The smallest absolute Gasteiger partial charge is 0.303 e. The van der Waals surface area contributed by atoms with Crippen molar-refractivity contribution in [2.45, 2.75) is 72.3 Å². The first-order chi connectivity index (χ1) is 14.2. The van der Waals surface area contributed by atoms with Crippen LogP contribution < -0.4 is 5.56 Å². The van der Waals surface area contributed by atoms with Gasteiger partial charge in [-0.3, -0.25) is 14.2 Å². The van der Waals surface area contributed by atoms with Crippen molar-refractivity contribution in [1.29, 1.82) is 0 Å². The lowest BCUT2D eigenvalue weighted by Gasteiger charge is -2.19. The maximum atomic E-state index is 13.5. The number of carboxylic acids is 1. The maximum Gasteiger partial charge on any atom is 0.303 e. The number of aromatic nitrogens is 2. The molecule has 3 rings (SSSR count). The average molecular weight is 427 g/mol. The summed E-state index contributed by atoms with van der Waals surface area (Å²) in [5.74, 6) is -0.130. The Balaban J connectivity index is 2.18. The van der Waals surface area contributed by atoms with Gasteiger partial charge in [-0.25, -0.2) is 4.98 Å². The number of hydrogen-bond acceptors (Lipinski definition) is 4. The Morgan fingerprint density at radius 2 is 1.80 bits per heavy atom. The SMILES string of the molecule is CCc1sc2nc(CC)n(CCCC(=O)O)c(=O)c2c1-c1ccc(C(C)(C)C)cc1. The largest absolute Gasteiger partial charge is 0.481 e. The van der Waals surface area contributed by atoms with Gasteiger partial charge in [0.05, 0.1) is 5.39 Å². The minimum Gasteiger partial charge on any atom is -0.481 e. The summed E-state index contributed by atoms with van der Waals surface area (Å²) in [7, 11) is 0. The lowest BCUT2D eigenvalue weighted by Crippen LogP contribution is -2.25. The molecule has 0 aliphatic carbocycles. The van der Waals surface area contributed by atoms with Crippen LogP contribution in [0.25, 0.3) is 21.3 Å². The fraction of sp³-hybridized carbons (Fsp3) is 0.458. The van der Waals surface area contributed by atoms with Crippen molar-refractivity contribution < 1.29 is 9.90 Å². The monoisotopic (exact) mass is 426 g/mol. The van der Waals surface area contributed by atoms with Crippen molar-refractivity contribution in [3.63, 3.8) is 0 Å². The van der Waals surface area contributed by atoms with Crippen LogP contribution in [-0.4, -0.2) is 20.6 Å². The molecule has 5 nitrogen and oxygen atoms in total. The molecule has 0 aliphatic rings. The van der Waals surface area contributed by atoms with Crippen LogP contribution in [0.4, 0.5) is 0 Å². The average Bonchev–Trinajstić information content (AvgIpc) is 3.07. The van der Waals surface area contributed by atoms with Gasteiger partial charge < -0.3 is 5.11 Å². The van der Waals surface area contributed by atoms with Crippen LogP contribution in [0.2, 0.25) is 0 Å². The topological polar surface area (TPSA) is 72.2 Å². The van der Waals surface area contributed by atoms with Crippen LogP contribution >= 0.6 is 11.3 Å². The molecule has 3 aromatic rings. The Bertz CT molecular complexity index is 1120. The van der Waals surface area contributed by atoms with Gasteiger partial charge >= 0.3 is 5.97 Å². The summed E-state index contributed by atoms with van der Waals surface area (Å²) in [5, 5.41) is 9.63. The van der Waals surface area contributed by atoms with Crippen LogP contribution in [-0.2, 0) is 29.6 Å². The van der Waals surface area contributed by atoms with E-state index in [0.717, 1.165) is 33.1 Å². The van der Waals surface area contributed by atoms with Crippen LogP contribution in [0.15, 0.2) is 29.1 Å². The number of nitrogens with zero attached hydrogens (tertiary/aromatic N) is 2. The molecule has 6 heteroatoms. The van der Waals surface area contributed by atoms with Gasteiger partial charge in [-0.15, -0.1) is 11.3 Å². The van der Waals surface area contributed by atoms with Crippen molar-refractivity contribution in [2.75, 3.05) is 0 Å². The van der Waals surface area contributed by atoms with Crippen molar-refractivity contribution in [3.8, 4) is 11.1 Å². The van der Waals surface area contributed by atoms with Crippen molar-refractivity contribution in [1.82, 2.24) is 9.55 Å². The number of benzene rings is 1. The third-order valence-corrected chi connectivity index (χ3v) is 6.64. The van der Waals surface area contributed by atoms with E-state index in [1.54, 1.807) is 15.9 Å². The van der Waals surface area contributed by atoms with Crippen LogP contribution in [0, 0.1) is 0 Å². The first kappa shape index (κ1) is 22.2. The normalized spacial score (nSPS) is 11.9. The Kier molecular flexibility index (Phi) is 6.46. The molecule has 0 fully saturated rings. The van der Waals surface area contributed by atoms with Gasteiger partial charge in [0.25, 0.3) is 5.56 Å². The lowest BCUT2D eigenvalue weighted by molar-refractivity contribution is -0.137. The van der Waals surface area contributed by atoms with Gasteiger partial charge in [0.2, 0.25) is 0 Å². The Hall–Kier alpha value is -2.47. The summed E-state index contributed by atoms with van der Waals surface area (Å²) in [6.45, 7) is 11.0. The second kappa shape index (κ2) is 8.72. The van der Waals surface area contributed by atoms with E-state index in [1.165, 1.54) is 5.56 Å². The molecule has 0 bridgehead atoms. The highest BCUT2D eigenvalue weighted by molar-refractivity contribution is 7.19. The van der Waals surface area contributed by atoms with Gasteiger partial charge in [0.1, 0.15) is 10.7 Å². The second-order valence-electron chi connectivity index (χ2n) is 8.60. The number of fused-ring (bicyclic) bond motifs is 1. The molecule has 30 heavy (non-hydrogen) atoms. The summed E-state index contributed by atoms with van der Waals surface area (Å²) in [5.41, 5.74) is 3.27. The summed E-state index contributed by atoms with van der Waals surface area (Å²) in [6, 6.07) is 8.47. The molecule has 0 unspecified atom stereocenters. The van der Waals surface area contributed by atoms with Gasteiger partial charge in [-0.2, -0.15) is 0 Å². The Labute approximate surface area is 181 Å². The van der Waals surface area contributed by atoms with Crippen molar-refractivity contribution >= 4 is 27.5 Å². The molecule has 0 radical (unpaired) electrons. The molecule has 2 heterocycles. The predicted molar refractivity (Wildman–Crippen MR) is 124 cm³/mol. The zero-order valence-corrected chi connectivity index (χ0v) is 19.2. The molecule has 160 valence electrons. The molecule has 0 saturated heterocycles. The Morgan fingerprint density at radius 3 is 2.33 bits per heavy atom. The van der Waals surface area contributed by atoms with Gasteiger partial charge in [0, 0.05) is 29.8 Å². The molecule has 1 aromatic carbocycles. The van der Waals surface area contributed by atoms with Crippen LogP contribution in [0.5, 0.6) is 0 Å². The minimum absolute atomic E-state index is 0.0403. The number of carbonyl (C=O) groups is 1. The molecule has 1 N–H and O–H groups in total. The summed E-state index contributed by atoms with van der Waals surface area (Å²) in [4.78, 5) is 31.2. The first-order valence-corrected chi connectivity index (χ1v) is 11.4. The highest BCUT2D eigenvalue weighted by Crippen LogP contribution is 2.37. The van der Waals surface area contributed by atoms with Gasteiger partial charge in [-0.05, 0) is 29.4 Å². The molecule has 0 aliphatic heterocycles. The van der Waals surface area contributed by atoms with E-state index in [2.05, 4.69) is 52.0 Å². The van der Waals surface area contributed by atoms with E-state index in [9.17, 15) is 9.59 Å². The van der Waals surface area contributed by atoms with E-state index >= 15 is 0 Å². The molecular formula is C24H30N2O3S. The predicted octanol–water partition coefficient (Wildman–Crippen LogP) is 5.41. The molecule has 0 amide bonds. The Morgan fingerprint density at radius 1 is 1.13 bits per heavy atom. The summed E-state index contributed by atoms with van der Waals surface area (Å²) >= 11 is 1.59. The fourth-order valence-electron chi connectivity index (χ4n) is 3.75.